The van der Waals surface area contributed by atoms with Gasteiger partial charge in [0.15, 0.2) is 0 Å². The Morgan fingerprint density at radius 3 is 2.70 bits per heavy atom. The topological polar surface area (TPSA) is 38.8 Å². The lowest BCUT2D eigenvalue weighted by molar-refractivity contribution is -0.392. The third-order valence-electron chi connectivity index (χ3n) is 11.4. The van der Waals surface area contributed by atoms with Gasteiger partial charge in [0, 0.05) is 29.8 Å². The summed E-state index contributed by atoms with van der Waals surface area (Å²) in [5, 5.41) is 0. The zero-order chi connectivity index (χ0) is 18.3. The molecule has 4 aliphatic carbocycles. The molecule has 0 aromatic heterocycles. The van der Waals surface area contributed by atoms with E-state index >= 15 is 0 Å². The van der Waals surface area contributed by atoms with Crippen LogP contribution in [0, 0.1) is 46.3 Å². The molecular weight excluding hydrogens is 338 g/mol. The summed E-state index contributed by atoms with van der Waals surface area (Å²) < 4.78 is 12.7. The molecule has 27 heavy (non-hydrogen) atoms. The van der Waals surface area contributed by atoms with Crippen LogP contribution in [0.3, 0.4) is 0 Å². The predicted molar refractivity (Wildman–Crippen MR) is 99.6 cm³/mol. The standard InChI is InChI=1S/C23H33NO3/c1-12-11-24-18-14(12)8-9-21(2)17-7-5-13-4-6-16-15(20(25)26-3)10-22(18,21)23(13,16)27-19(17)24/h12-19H,4-11H2,1-3H3/t12-,13-,14-,15-,16-,17-,18+,19+,21+,22+,23+/m0/s1. The van der Waals surface area contributed by atoms with E-state index < -0.39 is 0 Å². The highest BCUT2D eigenvalue weighted by atomic mass is 16.5. The SMILES string of the molecule is COC(=O)[C@H]1C[C@@]23[C@H]4[C@H]5CC[C@]2(C)[C@H]2CC[C@@H]6CC[C@@H]1[C@]63O[C@H]2N4C[C@@H]5C. The maximum Gasteiger partial charge on any atom is 0.309 e. The van der Waals surface area contributed by atoms with Crippen molar-refractivity contribution < 1.29 is 14.3 Å². The van der Waals surface area contributed by atoms with Crippen LogP contribution in [0.1, 0.15) is 58.8 Å². The summed E-state index contributed by atoms with van der Waals surface area (Å²) >= 11 is 0. The van der Waals surface area contributed by atoms with Gasteiger partial charge in [-0.05, 0) is 68.1 Å². The van der Waals surface area contributed by atoms with Gasteiger partial charge in [-0.3, -0.25) is 9.69 Å². The number of hydrogen-bond donors (Lipinski definition) is 0. The fourth-order valence-electron chi connectivity index (χ4n) is 10.8. The molecule has 9 aliphatic rings. The lowest BCUT2D eigenvalue weighted by Crippen LogP contribution is -2.81. The minimum atomic E-state index is -0.0395. The van der Waals surface area contributed by atoms with E-state index in [4.69, 9.17) is 9.47 Å². The van der Waals surface area contributed by atoms with E-state index in [1.165, 1.54) is 45.1 Å². The Kier molecular flexibility index (Phi) is 2.75. The van der Waals surface area contributed by atoms with Crippen molar-refractivity contribution in [3.05, 3.63) is 0 Å². The number of esters is 1. The summed E-state index contributed by atoms with van der Waals surface area (Å²) in [6, 6.07) is 0.650. The smallest absolute Gasteiger partial charge is 0.309 e. The third-order valence-corrected chi connectivity index (χ3v) is 11.4. The van der Waals surface area contributed by atoms with E-state index in [-0.39, 0.29) is 22.9 Å². The zero-order valence-electron chi connectivity index (χ0n) is 16.9. The number of nitrogens with zero attached hydrogens (tertiary/aromatic N) is 1. The van der Waals surface area contributed by atoms with Gasteiger partial charge in [-0.1, -0.05) is 13.8 Å². The monoisotopic (exact) mass is 371 g/mol. The molecule has 9 fully saturated rings. The Bertz CT molecular complexity index is 739. The first kappa shape index (κ1) is 16.2. The molecule has 5 aliphatic heterocycles. The largest absolute Gasteiger partial charge is 0.469 e. The molecule has 11 atom stereocenters. The quantitative estimate of drug-likeness (QED) is 0.662. The van der Waals surface area contributed by atoms with E-state index in [9.17, 15) is 4.79 Å². The van der Waals surface area contributed by atoms with E-state index in [2.05, 4.69) is 18.7 Å². The maximum absolute atomic E-state index is 13.0. The molecule has 0 aromatic rings. The van der Waals surface area contributed by atoms with Gasteiger partial charge < -0.3 is 9.47 Å². The molecule has 0 amide bonds. The number of piperidine rings is 1. The first-order valence-corrected chi connectivity index (χ1v) is 11.5. The Morgan fingerprint density at radius 2 is 1.93 bits per heavy atom. The first-order chi connectivity index (χ1) is 13.0. The minimum absolute atomic E-state index is 0.0395. The summed E-state index contributed by atoms with van der Waals surface area (Å²) in [6.07, 6.45) is 9.19. The molecule has 5 heterocycles. The van der Waals surface area contributed by atoms with Crippen LogP contribution in [0.5, 0.6) is 0 Å². The van der Waals surface area contributed by atoms with Crippen LogP contribution >= 0.6 is 0 Å². The second kappa shape index (κ2) is 4.59. The molecule has 2 spiro atoms. The van der Waals surface area contributed by atoms with E-state index in [1.807, 2.05) is 0 Å². The van der Waals surface area contributed by atoms with Crippen LogP contribution in [-0.4, -0.2) is 42.4 Å². The molecule has 5 saturated heterocycles. The van der Waals surface area contributed by atoms with E-state index in [0.29, 0.717) is 35.4 Å². The minimum Gasteiger partial charge on any atom is -0.469 e. The summed E-state index contributed by atoms with van der Waals surface area (Å²) in [5.41, 5.74) is 0.480. The van der Waals surface area contributed by atoms with Gasteiger partial charge in [-0.15, -0.1) is 0 Å². The number of rotatable bonds is 1. The second-order valence-electron chi connectivity index (χ2n) is 11.4. The molecular formula is C23H33NO3. The van der Waals surface area contributed by atoms with E-state index in [0.717, 1.165) is 18.3 Å². The average molecular weight is 372 g/mol. The molecule has 0 radical (unpaired) electrons. The fraction of sp³-hybridized carbons (Fsp3) is 0.957. The van der Waals surface area contributed by atoms with Gasteiger partial charge in [0.05, 0.1) is 18.6 Å². The predicted octanol–water partition coefficient (Wildman–Crippen LogP) is 3.45. The summed E-state index contributed by atoms with van der Waals surface area (Å²) in [5.74, 6) is 3.41. The van der Waals surface area contributed by atoms with Crippen molar-refractivity contribution in [1.82, 2.24) is 4.90 Å². The van der Waals surface area contributed by atoms with Gasteiger partial charge in [0.1, 0.15) is 6.23 Å². The molecule has 4 heteroatoms. The summed E-state index contributed by atoms with van der Waals surface area (Å²) in [4.78, 5) is 15.8. The van der Waals surface area contributed by atoms with Gasteiger partial charge in [0.25, 0.3) is 0 Å². The molecule has 9 rings (SSSR count). The summed E-state index contributed by atoms with van der Waals surface area (Å²) in [6.45, 7) is 6.32. The zero-order valence-corrected chi connectivity index (χ0v) is 16.9. The maximum atomic E-state index is 13.0. The molecule has 0 aromatic carbocycles. The lowest BCUT2D eigenvalue weighted by atomic mass is 9.40. The number of carbonyl (C=O) groups is 1. The third kappa shape index (κ3) is 1.35. The van der Waals surface area contributed by atoms with Crippen LogP contribution in [0.4, 0.5) is 0 Å². The van der Waals surface area contributed by atoms with Gasteiger partial charge >= 0.3 is 5.97 Å². The van der Waals surface area contributed by atoms with Crippen LogP contribution in [-0.2, 0) is 14.3 Å². The van der Waals surface area contributed by atoms with Crippen LogP contribution in [0.15, 0.2) is 0 Å². The van der Waals surface area contributed by atoms with Gasteiger partial charge in [-0.2, -0.15) is 0 Å². The van der Waals surface area contributed by atoms with Crippen molar-refractivity contribution in [2.75, 3.05) is 13.7 Å². The highest BCUT2D eigenvalue weighted by molar-refractivity contribution is 5.74. The second-order valence-corrected chi connectivity index (χ2v) is 11.4. The van der Waals surface area contributed by atoms with Crippen LogP contribution in [0.25, 0.3) is 0 Å². The molecule has 4 nitrogen and oxygen atoms in total. The normalized spacial score (nSPS) is 64.7. The van der Waals surface area contributed by atoms with Crippen molar-refractivity contribution in [2.24, 2.45) is 46.3 Å². The average Bonchev–Trinajstić information content (AvgIpc) is 3.22. The van der Waals surface area contributed by atoms with Crippen molar-refractivity contribution in [1.29, 1.82) is 0 Å². The number of fused-ring (bicyclic) bond motifs is 1. The molecule has 6 bridgehead atoms. The van der Waals surface area contributed by atoms with Crippen LogP contribution in [0.2, 0.25) is 0 Å². The fourth-order valence-corrected chi connectivity index (χ4v) is 10.8. The molecule has 0 unspecified atom stereocenters. The van der Waals surface area contributed by atoms with Crippen molar-refractivity contribution in [3.63, 3.8) is 0 Å². The van der Waals surface area contributed by atoms with Crippen LogP contribution < -0.4 is 0 Å². The molecule has 148 valence electrons. The molecule has 4 saturated carbocycles. The number of hydrogen-bond acceptors (Lipinski definition) is 4. The van der Waals surface area contributed by atoms with Gasteiger partial charge in [-0.25, -0.2) is 0 Å². The Balaban J connectivity index is 1.53. The van der Waals surface area contributed by atoms with E-state index in [1.54, 1.807) is 7.11 Å². The Labute approximate surface area is 162 Å². The van der Waals surface area contributed by atoms with Gasteiger partial charge in [0.2, 0.25) is 0 Å². The summed E-state index contributed by atoms with van der Waals surface area (Å²) in [7, 11) is 1.59. The lowest BCUT2D eigenvalue weighted by Gasteiger charge is -2.76. The highest BCUT2D eigenvalue weighted by Crippen LogP contribution is 2.84. The number of carbonyl (C=O) groups excluding carboxylic acids is 1. The number of ether oxygens (including phenoxy) is 2. The Hall–Kier alpha value is -0.610. The van der Waals surface area contributed by atoms with Crippen molar-refractivity contribution >= 4 is 5.97 Å². The Morgan fingerprint density at radius 1 is 1.15 bits per heavy atom. The molecule has 0 N–H and O–H groups in total. The number of methoxy groups -OCH3 is 1. The van der Waals surface area contributed by atoms with Crippen molar-refractivity contribution in [2.45, 2.75) is 76.7 Å². The highest BCUT2D eigenvalue weighted by Gasteiger charge is 2.88. The van der Waals surface area contributed by atoms with Crippen molar-refractivity contribution in [3.8, 4) is 0 Å². The first-order valence-electron chi connectivity index (χ1n) is 11.5.